The second-order valence-corrected chi connectivity index (χ2v) is 1.96. The van der Waals surface area contributed by atoms with Crippen LogP contribution in [0.25, 0.3) is 0 Å². The van der Waals surface area contributed by atoms with Crippen molar-refractivity contribution in [2.24, 2.45) is 0 Å². The first-order chi connectivity index (χ1) is 5.66. The maximum atomic E-state index is 10.8. The van der Waals surface area contributed by atoms with E-state index in [0.29, 0.717) is 0 Å². The van der Waals surface area contributed by atoms with Crippen LogP contribution in [0.3, 0.4) is 0 Å². The van der Waals surface area contributed by atoms with E-state index in [-0.39, 0.29) is 11.3 Å². The number of carbonyl (C=O) groups is 2. The van der Waals surface area contributed by atoms with Gasteiger partial charge in [0.25, 0.3) is 0 Å². The van der Waals surface area contributed by atoms with Gasteiger partial charge in [0.05, 0.1) is 13.4 Å². The number of ether oxygens (including phenoxy) is 1. The summed E-state index contributed by atoms with van der Waals surface area (Å²) in [4.78, 5) is 21.3. The number of carboxylic acid groups (broad SMARTS) is 1. The minimum absolute atomic E-state index is 0.193. The molecule has 0 aliphatic heterocycles. The number of carboxylic acids is 1. The smallest absolute Gasteiger partial charge is 0.374 e. The normalized spacial score (nSPS) is 9.42. The van der Waals surface area contributed by atoms with Gasteiger partial charge >= 0.3 is 11.9 Å². The highest BCUT2D eigenvalue weighted by Gasteiger charge is 2.20. The third-order valence-electron chi connectivity index (χ3n) is 1.27. The topological polar surface area (TPSA) is 76.7 Å². The van der Waals surface area contributed by atoms with Crippen molar-refractivity contribution in [2.75, 3.05) is 7.11 Å². The molecule has 0 bridgehead atoms. The number of hydrogen-bond acceptors (Lipinski definition) is 4. The molecule has 0 saturated heterocycles. The SMILES string of the molecule is COC(=O)c1occc1C(=O)O. The zero-order valence-corrected chi connectivity index (χ0v) is 6.23. The van der Waals surface area contributed by atoms with Crippen LogP contribution in [-0.2, 0) is 4.74 Å². The van der Waals surface area contributed by atoms with Crippen LogP contribution in [0.5, 0.6) is 0 Å². The quantitative estimate of drug-likeness (QED) is 0.663. The molecule has 0 aromatic carbocycles. The molecule has 0 unspecified atom stereocenters. The number of furan rings is 1. The third-order valence-corrected chi connectivity index (χ3v) is 1.27. The summed E-state index contributed by atoms with van der Waals surface area (Å²) >= 11 is 0. The molecule has 0 amide bonds. The van der Waals surface area contributed by atoms with Gasteiger partial charge < -0.3 is 14.3 Å². The second kappa shape index (κ2) is 3.08. The largest absolute Gasteiger partial charge is 0.478 e. The van der Waals surface area contributed by atoms with Crippen molar-refractivity contribution >= 4 is 11.9 Å². The second-order valence-electron chi connectivity index (χ2n) is 1.96. The zero-order chi connectivity index (χ0) is 9.14. The van der Waals surface area contributed by atoms with Crippen molar-refractivity contribution in [1.82, 2.24) is 0 Å². The Morgan fingerprint density at radius 1 is 1.58 bits per heavy atom. The summed E-state index contributed by atoms with van der Waals surface area (Å²) in [5.41, 5.74) is -0.193. The predicted octanol–water partition coefficient (Wildman–Crippen LogP) is 0.764. The fourth-order valence-corrected chi connectivity index (χ4v) is 0.728. The van der Waals surface area contributed by atoms with Gasteiger partial charge in [-0.3, -0.25) is 0 Å². The summed E-state index contributed by atoms with van der Waals surface area (Å²) in [6.07, 6.45) is 1.12. The Labute approximate surface area is 67.6 Å². The van der Waals surface area contributed by atoms with E-state index in [1.807, 2.05) is 0 Å². The van der Waals surface area contributed by atoms with Gasteiger partial charge in [-0.05, 0) is 6.07 Å². The number of hydrogen-bond donors (Lipinski definition) is 1. The zero-order valence-electron chi connectivity index (χ0n) is 6.23. The van der Waals surface area contributed by atoms with Crippen LogP contribution < -0.4 is 0 Å². The highest BCUT2D eigenvalue weighted by molar-refractivity contribution is 6.00. The summed E-state index contributed by atoms with van der Waals surface area (Å²) in [7, 11) is 1.15. The molecule has 5 nitrogen and oxygen atoms in total. The molecule has 0 radical (unpaired) electrons. The van der Waals surface area contributed by atoms with Crippen LogP contribution in [0, 0.1) is 0 Å². The molecule has 1 aromatic heterocycles. The van der Waals surface area contributed by atoms with E-state index in [1.165, 1.54) is 6.07 Å². The lowest BCUT2D eigenvalue weighted by atomic mass is 10.2. The Hall–Kier alpha value is -1.78. The van der Waals surface area contributed by atoms with E-state index in [0.717, 1.165) is 13.4 Å². The molecular weight excluding hydrogens is 164 g/mol. The summed E-state index contributed by atoms with van der Waals surface area (Å²) in [5, 5.41) is 8.53. The number of rotatable bonds is 2. The first-order valence-corrected chi connectivity index (χ1v) is 3.06. The van der Waals surface area contributed by atoms with Gasteiger partial charge in [-0.2, -0.15) is 0 Å². The van der Waals surface area contributed by atoms with E-state index in [4.69, 9.17) is 5.11 Å². The van der Waals surface area contributed by atoms with E-state index in [1.54, 1.807) is 0 Å². The van der Waals surface area contributed by atoms with E-state index in [9.17, 15) is 9.59 Å². The molecule has 1 N–H and O–H groups in total. The molecule has 64 valence electrons. The Bertz CT molecular complexity index is 311. The van der Waals surface area contributed by atoms with Gasteiger partial charge in [-0.25, -0.2) is 9.59 Å². The van der Waals surface area contributed by atoms with Gasteiger partial charge in [0.2, 0.25) is 5.76 Å². The fourth-order valence-electron chi connectivity index (χ4n) is 0.728. The van der Waals surface area contributed by atoms with Gasteiger partial charge in [0.15, 0.2) is 0 Å². The molecule has 1 aromatic rings. The van der Waals surface area contributed by atoms with Crippen molar-refractivity contribution in [2.45, 2.75) is 0 Å². The molecule has 0 saturated carbocycles. The van der Waals surface area contributed by atoms with Gasteiger partial charge in [-0.15, -0.1) is 0 Å². The van der Waals surface area contributed by atoms with Crippen LogP contribution in [0.1, 0.15) is 20.9 Å². The summed E-state index contributed by atoms with van der Waals surface area (Å²) in [6.45, 7) is 0. The summed E-state index contributed by atoms with van der Waals surface area (Å²) in [6, 6.07) is 1.19. The van der Waals surface area contributed by atoms with Crippen molar-refractivity contribution in [3.63, 3.8) is 0 Å². The molecule has 0 aliphatic rings. The highest BCUT2D eigenvalue weighted by atomic mass is 16.5. The minimum Gasteiger partial charge on any atom is -0.478 e. The van der Waals surface area contributed by atoms with Crippen molar-refractivity contribution in [3.8, 4) is 0 Å². The molecule has 0 aliphatic carbocycles. The predicted molar refractivity (Wildman–Crippen MR) is 37.0 cm³/mol. The average molecular weight is 170 g/mol. The molecule has 0 spiro atoms. The van der Waals surface area contributed by atoms with Gasteiger partial charge in [0.1, 0.15) is 5.56 Å². The van der Waals surface area contributed by atoms with Crippen LogP contribution in [0.15, 0.2) is 16.7 Å². The van der Waals surface area contributed by atoms with Gasteiger partial charge in [0, 0.05) is 0 Å². The number of methoxy groups -OCH3 is 1. The lowest BCUT2D eigenvalue weighted by Crippen LogP contribution is -2.06. The molecular formula is C7H6O5. The number of aromatic carboxylic acids is 1. The number of carbonyl (C=O) groups excluding carboxylic acids is 1. The van der Waals surface area contributed by atoms with E-state index >= 15 is 0 Å². The van der Waals surface area contributed by atoms with Crippen LogP contribution in [-0.4, -0.2) is 24.2 Å². The monoisotopic (exact) mass is 170 g/mol. The Kier molecular flexibility index (Phi) is 2.14. The molecule has 1 rings (SSSR count). The van der Waals surface area contributed by atoms with Gasteiger partial charge in [-0.1, -0.05) is 0 Å². The van der Waals surface area contributed by atoms with Crippen LogP contribution in [0.4, 0.5) is 0 Å². The number of esters is 1. The van der Waals surface area contributed by atoms with E-state index < -0.39 is 11.9 Å². The Morgan fingerprint density at radius 2 is 2.25 bits per heavy atom. The Balaban J connectivity index is 3.07. The summed E-state index contributed by atoms with van der Waals surface area (Å²) in [5.74, 6) is -2.30. The molecule has 0 fully saturated rings. The molecule has 1 heterocycles. The highest BCUT2D eigenvalue weighted by Crippen LogP contribution is 2.11. The first-order valence-electron chi connectivity index (χ1n) is 3.06. The Morgan fingerprint density at radius 3 is 2.75 bits per heavy atom. The fraction of sp³-hybridized carbons (Fsp3) is 0.143. The molecule has 12 heavy (non-hydrogen) atoms. The third kappa shape index (κ3) is 1.29. The summed E-state index contributed by atoms with van der Waals surface area (Å²) < 4.78 is 8.91. The maximum Gasteiger partial charge on any atom is 0.374 e. The van der Waals surface area contributed by atoms with E-state index in [2.05, 4.69) is 9.15 Å². The average Bonchev–Trinajstić information content (AvgIpc) is 2.50. The van der Waals surface area contributed by atoms with Crippen LogP contribution >= 0.6 is 0 Å². The van der Waals surface area contributed by atoms with Crippen molar-refractivity contribution in [3.05, 3.63) is 23.7 Å². The first kappa shape index (κ1) is 8.32. The standard InChI is InChI=1S/C7H6O5/c1-11-7(10)5-4(6(8)9)2-3-12-5/h2-3H,1H3,(H,8,9). The van der Waals surface area contributed by atoms with Crippen molar-refractivity contribution < 1.29 is 23.8 Å². The molecule has 0 atom stereocenters. The lowest BCUT2D eigenvalue weighted by molar-refractivity contribution is 0.0547. The van der Waals surface area contributed by atoms with Crippen molar-refractivity contribution in [1.29, 1.82) is 0 Å². The maximum absolute atomic E-state index is 10.8. The lowest BCUT2D eigenvalue weighted by Gasteiger charge is -1.94. The molecule has 5 heteroatoms. The minimum atomic E-state index is -1.22. The van der Waals surface area contributed by atoms with Crippen LogP contribution in [0.2, 0.25) is 0 Å².